The molecule has 0 atom stereocenters. The molecule has 20 heavy (non-hydrogen) atoms. The Balaban J connectivity index is 3.31. The Hall–Kier alpha value is -2.62. The molecule has 1 aliphatic carbocycles. The molecule has 4 heteroatoms. The molecule has 0 aromatic heterocycles. The van der Waals surface area contributed by atoms with Gasteiger partial charge in [0.1, 0.15) is 11.5 Å². The first-order chi connectivity index (χ1) is 9.44. The van der Waals surface area contributed by atoms with E-state index >= 15 is 0 Å². The van der Waals surface area contributed by atoms with Crippen molar-refractivity contribution in [3.05, 3.63) is 72.3 Å². The van der Waals surface area contributed by atoms with Crippen molar-refractivity contribution in [2.75, 3.05) is 14.2 Å². The Kier molecular flexibility index (Phi) is 5.03. The number of carbonyl (C=O) groups excluding carboxylic acids is 2. The fourth-order valence-corrected chi connectivity index (χ4v) is 1.55. The first-order valence-corrected chi connectivity index (χ1v) is 5.77. The molecular formula is C16H16O4. The highest BCUT2D eigenvalue weighted by molar-refractivity contribution is 6.28. The van der Waals surface area contributed by atoms with Crippen molar-refractivity contribution in [3.63, 3.8) is 0 Å². The molecule has 0 radical (unpaired) electrons. The zero-order valence-corrected chi connectivity index (χ0v) is 11.6. The van der Waals surface area contributed by atoms with Crippen molar-refractivity contribution in [3.8, 4) is 0 Å². The van der Waals surface area contributed by atoms with Crippen LogP contribution in [0.5, 0.6) is 0 Å². The number of allylic oxidation sites excluding steroid dienone is 7. The molecule has 0 saturated heterocycles. The smallest absolute Gasteiger partial charge is 0.194 e. The van der Waals surface area contributed by atoms with Gasteiger partial charge in [0.2, 0.25) is 0 Å². The van der Waals surface area contributed by atoms with E-state index in [0.29, 0.717) is 5.76 Å². The minimum atomic E-state index is -0.343. The van der Waals surface area contributed by atoms with Crippen molar-refractivity contribution < 1.29 is 19.1 Å². The van der Waals surface area contributed by atoms with E-state index < -0.39 is 0 Å². The second-order valence-electron chi connectivity index (χ2n) is 3.96. The van der Waals surface area contributed by atoms with Crippen molar-refractivity contribution >= 4 is 11.6 Å². The summed E-state index contributed by atoms with van der Waals surface area (Å²) in [5.74, 6) is -0.0345. The average Bonchev–Trinajstić information content (AvgIpc) is 2.45. The van der Waals surface area contributed by atoms with Gasteiger partial charge in [-0.3, -0.25) is 9.59 Å². The van der Waals surface area contributed by atoms with Crippen LogP contribution in [-0.2, 0) is 19.1 Å². The van der Waals surface area contributed by atoms with Crippen LogP contribution in [0.15, 0.2) is 72.3 Å². The van der Waals surface area contributed by atoms with Gasteiger partial charge in [-0.1, -0.05) is 19.7 Å². The van der Waals surface area contributed by atoms with Crippen LogP contribution in [0.4, 0.5) is 0 Å². The third kappa shape index (κ3) is 3.23. The predicted molar refractivity (Wildman–Crippen MR) is 76.8 cm³/mol. The number of ketones is 2. The van der Waals surface area contributed by atoms with Gasteiger partial charge in [0, 0.05) is 16.7 Å². The summed E-state index contributed by atoms with van der Waals surface area (Å²) >= 11 is 0. The maximum absolute atomic E-state index is 12.3. The molecule has 0 heterocycles. The zero-order valence-electron chi connectivity index (χ0n) is 11.6. The summed E-state index contributed by atoms with van der Waals surface area (Å²) in [7, 11) is 2.88. The van der Waals surface area contributed by atoms with E-state index in [0.717, 1.165) is 0 Å². The number of methoxy groups -OCH3 is 2. The lowest BCUT2D eigenvalue weighted by atomic mass is 9.87. The zero-order chi connectivity index (χ0) is 15.3. The fraction of sp³-hybridized carbons (Fsp3) is 0.125. The van der Waals surface area contributed by atoms with Gasteiger partial charge in [-0.05, 0) is 24.3 Å². The molecule has 0 amide bonds. The third-order valence-electron chi connectivity index (χ3n) is 2.72. The minimum Gasteiger partial charge on any atom is -0.497 e. The van der Waals surface area contributed by atoms with Crippen LogP contribution in [-0.4, -0.2) is 25.8 Å². The topological polar surface area (TPSA) is 52.6 Å². The van der Waals surface area contributed by atoms with E-state index in [1.807, 2.05) is 0 Å². The highest BCUT2D eigenvalue weighted by Gasteiger charge is 2.26. The van der Waals surface area contributed by atoms with Gasteiger partial charge in [0.05, 0.1) is 14.2 Å². The molecule has 1 rings (SSSR count). The first kappa shape index (κ1) is 15.4. The number of rotatable bonds is 5. The number of carbonyl (C=O) groups is 2. The molecule has 0 aliphatic heterocycles. The Morgan fingerprint density at radius 1 is 1.25 bits per heavy atom. The summed E-state index contributed by atoms with van der Waals surface area (Å²) in [5, 5.41) is 0. The third-order valence-corrected chi connectivity index (χ3v) is 2.72. The van der Waals surface area contributed by atoms with Crippen molar-refractivity contribution in [1.29, 1.82) is 0 Å². The molecule has 4 nitrogen and oxygen atoms in total. The molecule has 0 bridgehead atoms. The molecule has 0 saturated carbocycles. The monoisotopic (exact) mass is 272 g/mol. The minimum absolute atomic E-state index is 0.114. The lowest BCUT2D eigenvalue weighted by Crippen LogP contribution is -2.19. The number of Topliss-reactive ketones (excluding diaryl/α,β-unsaturated/α-hetero) is 1. The summed E-state index contributed by atoms with van der Waals surface area (Å²) in [5.41, 5.74) is 0.479. The fourth-order valence-electron chi connectivity index (χ4n) is 1.55. The van der Waals surface area contributed by atoms with Gasteiger partial charge in [0.15, 0.2) is 11.6 Å². The molecular weight excluding hydrogens is 256 g/mol. The normalized spacial score (nSPS) is 17.9. The van der Waals surface area contributed by atoms with Gasteiger partial charge in [-0.15, -0.1) is 0 Å². The molecule has 0 N–H and O–H groups in total. The van der Waals surface area contributed by atoms with Crippen LogP contribution < -0.4 is 0 Å². The second-order valence-corrected chi connectivity index (χ2v) is 3.96. The van der Waals surface area contributed by atoms with Crippen LogP contribution in [0, 0.1) is 0 Å². The Morgan fingerprint density at radius 2 is 1.90 bits per heavy atom. The number of hydrogen-bond acceptors (Lipinski definition) is 4. The molecule has 104 valence electrons. The van der Waals surface area contributed by atoms with E-state index in [1.54, 1.807) is 0 Å². The van der Waals surface area contributed by atoms with Gasteiger partial charge >= 0.3 is 0 Å². The first-order valence-electron chi connectivity index (χ1n) is 5.77. The largest absolute Gasteiger partial charge is 0.497 e. The van der Waals surface area contributed by atoms with E-state index in [1.165, 1.54) is 38.5 Å². The van der Waals surface area contributed by atoms with Crippen molar-refractivity contribution in [1.82, 2.24) is 0 Å². The summed E-state index contributed by atoms with van der Waals surface area (Å²) in [6.07, 6.45) is 5.51. The van der Waals surface area contributed by atoms with Gasteiger partial charge in [-0.25, -0.2) is 0 Å². The van der Waals surface area contributed by atoms with Crippen LogP contribution >= 0.6 is 0 Å². The Morgan fingerprint density at radius 3 is 2.40 bits per heavy atom. The van der Waals surface area contributed by atoms with Gasteiger partial charge < -0.3 is 9.47 Å². The van der Waals surface area contributed by atoms with Crippen molar-refractivity contribution in [2.45, 2.75) is 0 Å². The van der Waals surface area contributed by atoms with Crippen LogP contribution in [0.1, 0.15) is 0 Å². The molecule has 0 spiro atoms. The highest BCUT2D eigenvalue weighted by atomic mass is 16.5. The summed E-state index contributed by atoms with van der Waals surface area (Å²) in [6, 6.07) is 0. The van der Waals surface area contributed by atoms with E-state index in [2.05, 4.69) is 19.7 Å². The Labute approximate surface area is 118 Å². The summed E-state index contributed by atoms with van der Waals surface area (Å²) < 4.78 is 9.90. The van der Waals surface area contributed by atoms with E-state index in [9.17, 15) is 9.59 Å². The SMILES string of the molecule is C=C/C(=C\C1=CC(=O)C(=C)/C(=C\C(=C)OC)C1=O)OC. The maximum Gasteiger partial charge on any atom is 0.194 e. The molecule has 1 aliphatic rings. The van der Waals surface area contributed by atoms with Gasteiger partial charge in [0.25, 0.3) is 0 Å². The molecule has 0 fully saturated rings. The standard InChI is InChI=1S/C16H16O4/c1-6-13(20-5)8-12-9-15(17)11(3)14(16(12)18)7-10(2)19-4/h6-9H,1-3H2,4-5H3/b13-8+,14-7+. The number of hydrogen-bond donors (Lipinski definition) is 0. The average molecular weight is 272 g/mol. The highest BCUT2D eigenvalue weighted by Crippen LogP contribution is 2.24. The lowest BCUT2D eigenvalue weighted by Gasteiger charge is -2.15. The summed E-state index contributed by atoms with van der Waals surface area (Å²) in [6.45, 7) is 10.8. The molecule has 0 aromatic rings. The van der Waals surface area contributed by atoms with E-state index in [-0.39, 0.29) is 34.0 Å². The van der Waals surface area contributed by atoms with Gasteiger partial charge in [-0.2, -0.15) is 0 Å². The van der Waals surface area contributed by atoms with Crippen LogP contribution in [0.2, 0.25) is 0 Å². The number of ether oxygens (including phenoxy) is 2. The van der Waals surface area contributed by atoms with Crippen molar-refractivity contribution in [2.24, 2.45) is 0 Å². The van der Waals surface area contributed by atoms with Crippen LogP contribution in [0.3, 0.4) is 0 Å². The van der Waals surface area contributed by atoms with E-state index in [4.69, 9.17) is 9.47 Å². The second kappa shape index (κ2) is 6.52. The Bertz CT molecular complexity index is 586. The maximum atomic E-state index is 12.3. The quantitative estimate of drug-likeness (QED) is 0.438. The molecule has 0 aromatic carbocycles. The van der Waals surface area contributed by atoms with Crippen LogP contribution in [0.25, 0.3) is 0 Å². The summed E-state index contributed by atoms with van der Waals surface area (Å²) in [4.78, 5) is 24.2. The predicted octanol–water partition coefficient (Wildman–Crippen LogP) is 2.42. The lowest BCUT2D eigenvalue weighted by molar-refractivity contribution is -0.115. The molecule has 0 unspecified atom stereocenters.